The molecule has 19 heavy (non-hydrogen) atoms. The van der Waals surface area contributed by atoms with Crippen LogP contribution in [0.3, 0.4) is 0 Å². The number of nitrogens with two attached hydrogens (primary N) is 1. The van der Waals surface area contributed by atoms with E-state index in [1.54, 1.807) is 11.3 Å². The average molecular weight is 267 g/mol. The van der Waals surface area contributed by atoms with E-state index >= 15 is 0 Å². The highest BCUT2D eigenvalue weighted by Gasteiger charge is 2.05. The minimum Gasteiger partial charge on any atom is -0.399 e. The number of thiazole rings is 1. The zero-order valence-electron chi connectivity index (χ0n) is 10.3. The van der Waals surface area contributed by atoms with Gasteiger partial charge in [0.15, 0.2) is 0 Å². The molecule has 2 heterocycles. The highest BCUT2D eigenvalue weighted by molar-refractivity contribution is 7.10. The van der Waals surface area contributed by atoms with Crippen LogP contribution in [-0.4, -0.2) is 9.97 Å². The SMILES string of the molecule is Nc1cccc(-c2csc(Cc3ccncc3)n2)c1. The van der Waals surface area contributed by atoms with Crippen molar-refractivity contribution in [3.63, 3.8) is 0 Å². The van der Waals surface area contributed by atoms with E-state index < -0.39 is 0 Å². The number of nitrogens with zero attached hydrogens (tertiary/aromatic N) is 2. The zero-order chi connectivity index (χ0) is 13.1. The molecule has 0 radical (unpaired) electrons. The number of hydrogen-bond donors (Lipinski definition) is 1. The lowest BCUT2D eigenvalue weighted by atomic mass is 10.1. The lowest BCUT2D eigenvalue weighted by Crippen LogP contribution is -1.88. The summed E-state index contributed by atoms with van der Waals surface area (Å²) in [6.45, 7) is 0. The largest absolute Gasteiger partial charge is 0.399 e. The van der Waals surface area contributed by atoms with Crippen LogP contribution in [0, 0.1) is 0 Å². The Morgan fingerprint density at radius 3 is 2.74 bits per heavy atom. The number of hydrogen-bond acceptors (Lipinski definition) is 4. The smallest absolute Gasteiger partial charge is 0.0976 e. The maximum atomic E-state index is 5.79. The third-order valence-corrected chi connectivity index (χ3v) is 3.69. The molecule has 0 saturated carbocycles. The average Bonchev–Trinajstić information content (AvgIpc) is 2.88. The van der Waals surface area contributed by atoms with Gasteiger partial charge in [0.1, 0.15) is 0 Å². The normalized spacial score (nSPS) is 10.5. The third kappa shape index (κ3) is 2.80. The van der Waals surface area contributed by atoms with Crippen LogP contribution in [0.15, 0.2) is 54.2 Å². The summed E-state index contributed by atoms with van der Waals surface area (Å²) >= 11 is 1.67. The Labute approximate surface area is 115 Å². The second-order valence-corrected chi connectivity index (χ2v) is 5.23. The predicted octanol–water partition coefficient (Wildman–Crippen LogP) is 3.38. The lowest BCUT2D eigenvalue weighted by molar-refractivity contribution is 1.12. The molecule has 0 bridgehead atoms. The summed E-state index contributed by atoms with van der Waals surface area (Å²) in [6, 6.07) is 11.8. The summed E-state index contributed by atoms with van der Waals surface area (Å²) < 4.78 is 0. The van der Waals surface area contributed by atoms with Crippen molar-refractivity contribution < 1.29 is 0 Å². The van der Waals surface area contributed by atoms with Crippen LogP contribution in [0.5, 0.6) is 0 Å². The summed E-state index contributed by atoms with van der Waals surface area (Å²) in [5.74, 6) is 0. The molecule has 4 heteroatoms. The van der Waals surface area contributed by atoms with Gasteiger partial charge >= 0.3 is 0 Å². The summed E-state index contributed by atoms with van der Waals surface area (Å²) in [7, 11) is 0. The molecule has 2 aromatic heterocycles. The lowest BCUT2D eigenvalue weighted by Gasteiger charge is -1.98. The van der Waals surface area contributed by atoms with E-state index in [4.69, 9.17) is 5.73 Å². The third-order valence-electron chi connectivity index (χ3n) is 2.84. The Kier molecular flexibility index (Phi) is 3.25. The Morgan fingerprint density at radius 2 is 1.95 bits per heavy atom. The molecule has 1 aromatic carbocycles. The first-order valence-corrected chi connectivity index (χ1v) is 6.88. The molecule has 3 aromatic rings. The van der Waals surface area contributed by atoms with Crippen LogP contribution in [0.4, 0.5) is 5.69 Å². The van der Waals surface area contributed by atoms with Gasteiger partial charge in [-0.1, -0.05) is 12.1 Å². The van der Waals surface area contributed by atoms with Gasteiger partial charge in [-0.2, -0.15) is 0 Å². The molecule has 0 saturated heterocycles. The first-order valence-electron chi connectivity index (χ1n) is 6.00. The Bertz CT molecular complexity index is 677. The number of anilines is 1. The summed E-state index contributed by atoms with van der Waals surface area (Å²) in [5, 5.41) is 3.18. The zero-order valence-corrected chi connectivity index (χ0v) is 11.1. The van der Waals surface area contributed by atoms with Gasteiger partial charge in [0.2, 0.25) is 0 Å². The van der Waals surface area contributed by atoms with Crippen molar-refractivity contribution in [3.05, 3.63) is 64.7 Å². The summed E-state index contributed by atoms with van der Waals surface area (Å²) in [5.41, 5.74) is 9.84. The van der Waals surface area contributed by atoms with E-state index in [9.17, 15) is 0 Å². The summed E-state index contributed by atoms with van der Waals surface area (Å²) in [6.07, 6.45) is 4.46. The number of aromatic nitrogens is 2. The maximum absolute atomic E-state index is 5.79. The maximum Gasteiger partial charge on any atom is 0.0976 e. The molecule has 0 spiro atoms. The molecule has 94 valence electrons. The van der Waals surface area contributed by atoms with Crippen molar-refractivity contribution in [1.29, 1.82) is 0 Å². The van der Waals surface area contributed by atoms with Gasteiger partial charge in [0.25, 0.3) is 0 Å². The van der Waals surface area contributed by atoms with Gasteiger partial charge in [0.05, 0.1) is 10.7 Å². The standard InChI is InChI=1S/C15H13N3S/c16-13-3-1-2-12(9-13)14-10-19-15(18-14)8-11-4-6-17-7-5-11/h1-7,9-10H,8,16H2. The van der Waals surface area contributed by atoms with Gasteiger partial charge in [-0.3, -0.25) is 4.98 Å². The van der Waals surface area contributed by atoms with E-state index in [0.29, 0.717) is 0 Å². The molecule has 3 rings (SSSR count). The van der Waals surface area contributed by atoms with E-state index in [1.165, 1.54) is 5.56 Å². The fraction of sp³-hybridized carbons (Fsp3) is 0.0667. The van der Waals surface area contributed by atoms with Crippen LogP contribution in [0.2, 0.25) is 0 Å². The van der Waals surface area contributed by atoms with Crippen LogP contribution in [0.25, 0.3) is 11.3 Å². The van der Waals surface area contributed by atoms with Crippen LogP contribution in [0.1, 0.15) is 10.6 Å². The molecule has 3 nitrogen and oxygen atoms in total. The predicted molar refractivity (Wildman–Crippen MR) is 79.0 cm³/mol. The number of pyridine rings is 1. The van der Waals surface area contributed by atoms with Crippen molar-refractivity contribution in [2.45, 2.75) is 6.42 Å². The van der Waals surface area contributed by atoms with Crippen molar-refractivity contribution in [2.24, 2.45) is 0 Å². The Morgan fingerprint density at radius 1 is 1.11 bits per heavy atom. The highest BCUT2D eigenvalue weighted by Crippen LogP contribution is 2.24. The molecule has 0 fully saturated rings. The molecular weight excluding hydrogens is 254 g/mol. The van der Waals surface area contributed by atoms with Crippen molar-refractivity contribution >= 4 is 17.0 Å². The monoisotopic (exact) mass is 267 g/mol. The second-order valence-electron chi connectivity index (χ2n) is 4.28. The highest BCUT2D eigenvalue weighted by atomic mass is 32.1. The minimum absolute atomic E-state index is 0.765. The van der Waals surface area contributed by atoms with Gasteiger partial charge in [-0.05, 0) is 29.8 Å². The Balaban J connectivity index is 1.84. The van der Waals surface area contributed by atoms with Crippen molar-refractivity contribution in [3.8, 4) is 11.3 Å². The van der Waals surface area contributed by atoms with Crippen LogP contribution in [-0.2, 0) is 6.42 Å². The molecular formula is C15H13N3S. The molecule has 0 aliphatic heterocycles. The molecule has 0 aliphatic carbocycles. The van der Waals surface area contributed by atoms with Crippen LogP contribution >= 0.6 is 11.3 Å². The fourth-order valence-corrected chi connectivity index (χ4v) is 2.74. The molecule has 0 aliphatic rings. The van der Waals surface area contributed by atoms with E-state index in [2.05, 4.69) is 15.3 Å². The Hall–Kier alpha value is -2.20. The van der Waals surface area contributed by atoms with E-state index in [1.807, 2.05) is 48.8 Å². The summed E-state index contributed by atoms with van der Waals surface area (Å²) in [4.78, 5) is 8.68. The van der Waals surface area contributed by atoms with Gasteiger partial charge in [-0.25, -0.2) is 4.98 Å². The minimum atomic E-state index is 0.765. The van der Waals surface area contributed by atoms with Gasteiger partial charge < -0.3 is 5.73 Å². The van der Waals surface area contributed by atoms with E-state index in [0.717, 1.165) is 28.4 Å². The number of rotatable bonds is 3. The second kappa shape index (κ2) is 5.20. The topological polar surface area (TPSA) is 51.8 Å². The fourth-order valence-electron chi connectivity index (χ4n) is 1.90. The quantitative estimate of drug-likeness (QED) is 0.740. The van der Waals surface area contributed by atoms with Gasteiger partial charge in [-0.15, -0.1) is 11.3 Å². The molecule has 0 atom stereocenters. The molecule has 0 unspecified atom stereocenters. The number of benzene rings is 1. The van der Waals surface area contributed by atoms with Crippen molar-refractivity contribution in [2.75, 3.05) is 5.73 Å². The van der Waals surface area contributed by atoms with Crippen molar-refractivity contribution in [1.82, 2.24) is 9.97 Å². The first-order chi connectivity index (χ1) is 9.31. The van der Waals surface area contributed by atoms with Crippen LogP contribution < -0.4 is 5.73 Å². The molecule has 0 amide bonds. The first kappa shape index (κ1) is 11.9. The van der Waals surface area contributed by atoms with Gasteiger partial charge in [0, 0.05) is 35.4 Å². The van der Waals surface area contributed by atoms with E-state index in [-0.39, 0.29) is 0 Å². The number of nitrogen functional groups attached to an aromatic ring is 1. The molecule has 2 N–H and O–H groups in total.